The number of nitrogens with two attached hydrogens (primary N) is 1. The summed E-state index contributed by atoms with van der Waals surface area (Å²) in [7, 11) is 2.02. The van der Waals surface area contributed by atoms with Gasteiger partial charge in [-0.25, -0.2) is 0 Å². The quantitative estimate of drug-likeness (QED) is 0.839. The highest BCUT2D eigenvalue weighted by atomic mass is 16.2. The number of carbonyl (C=O) groups is 1. The molecule has 0 aromatic rings. The van der Waals surface area contributed by atoms with E-state index in [-0.39, 0.29) is 5.92 Å². The van der Waals surface area contributed by atoms with Crippen molar-refractivity contribution in [3.8, 4) is 0 Å². The van der Waals surface area contributed by atoms with Gasteiger partial charge in [-0.15, -0.1) is 0 Å². The van der Waals surface area contributed by atoms with Crippen molar-refractivity contribution in [2.45, 2.75) is 63.8 Å². The first-order chi connectivity index (χ1) is 8.72. The van der Waals surface area contributed by atoms with Gasteiger partial charge in [-0.1, -0.05) is 19.3 Å². The molecule has 0 heterocycles. The molecular formula is C15H28N2O. The maximum absolute atomic E-state index is 12.5. The number of carbonyl (C=O) groups excluding carboxylic acids is 1. The SMILES string of the molecule is CN(C(=O)C1CCC(CN)CC1)C1CCCCC1. The van der Waals surface area contributed by atoms with Crippen molar-refractivity contribution in [2.75, 3.05) is 13.6 Å². The molecule has 2 fully saturated rings. The maximum Gasteiger partial charge on any atom is 0.225 e. The summed E-state index contributed by atoms with van der Waals surface area (Å²) in [5.41, 5.74) is 5.71. The molecule has 2 aliphatic rings. The highest BCUT2D eigenvalue weighted by molar-refractivity contribution is 5.79. The van der Waals surface area contributed by atoms with E-state index in [1.165, 1.54) is 32.1 Å². The lowest BCUT2D eigenvalue weighted by molar-refractivity contribution is -0.138. The van der Waals surface area contributed by atoms with Crippen molar-refractivity contribution in [1.82, 2.24) is 4.90 Å². The Labute approximate surface area is 111 Å². The van der Waals surface area contributed by atoms with Crippen molar-refractivity contribution < 1.29 is 4.79 Å². The van der Waals surface area contributed by atoms with Crippen LogP contribution in [0.1, 0.15) is 57.8 Å². The molecule has 0 bridgehead atoms. The monoisotopic (exact) mass is 252 g/mol. The minimum absolute atomic E-state index is 0.278. The lowest BCUT2D eigenvalue weighted by atomic mass is 9.81. The molecule has 2 rings (SSSR count). The smallest absolute Gasteiger partial charge is 0.225 e. The van der Waals surface area contributed by atoms with E-state index in [0.29, 0.717) is 17.9 Å². The first kappa shape index (κ1) is 13.9. The van der Waals surface area contributed by atoms with Gasteiger partial charge >= 0.3 is 0 Å². The van der Waals surface area contributed by atoms with E-state index in [0.717, 1.165) is 32.2 Å². The van der Waals surface area contributed by atoms with E-state index in [9.17, 15) is 4.79 Å². The molecule has 0 aromatic carbocycles. The van der Waals surface area contributed by atoms with Crippen molar-refractivity contribution in [2.24, 2.45) is 17.6 Å². The van der Waals surface area contributed by atoms with Crippen LogP contribution in [-0.4, -0.2) is 30.4 Å². The van der Waals surface area contributed by atoms with Crippen molar-refractivity contribution >= 4 is 5.91 Å². The lowest BCUT2D eigenvalue weighted by Crippen LogP contribution is -2.42. The minimum atomic E-state index is 0.278. The molecule has 3 nitrogen and oxygen atoms in total. The summed E-state index contributed by atoms with van der Waals surface area (Å²) >= 11 is 0. The average molecular weight is 252 g/mol. The topological polar surface area (TPSA) is 46.3 Å². The van der Waals surface area contributed by atoms with Gasteiger partial charge in [-0.05, 0) is 51.0 Å². The number of nitrogens with zero attached hydrogens (tertiary/aromatic N) is 1. The predicted octanol–water partition coefficient (Wildman–Crippen LogP) is 2.54. The molecular weight excluding hydrogens is 224 g/mol. The number of hydrogen-bond acceptors (Lipinski definition) is 2. The van der Waals surface area contributed by atoms with E-state index in [4.69, 9.17) is 5.73 Å². The zero-order valence-electron chi connectivity index (χ0n) is 11.7. The molecule has 0 saturated heterocycles. The summed E-state index contributed by atoms with van der Waals surface area (Å²) in [6.07, 6.45) is 10.7. The summed E-state index contributed by atoms with van der Waals surface area (Å²) in [6, 6.07) is 0.512. The van der Waals surface area contributed by atoms with E-state index >= 15 is 0 Å². The van der Waals surface area contributed by atoms with E-state index in [2.05, 4.69) is 4.90 Å². The first-order valence-corrected chi connectivity index (χ1v) is 7.69. The number of amides is 1. The zero-order valence-corrected chi connectivity index (χ0v) is 11.7. The lowest BCUT2D eigenvalue weighted by Gasteiger charge is -2.35. The van der Waals surface area contributed by atoms with Gasteiger partial charge in [0, 0.05) is 19.0 Å². The van der Waals surface area contributed by atoms with Gasteiger partial charge in [0.25, 0.3) is 0 Å². The number of rotatable bonds is 3. The van der Waals surface area contributed by atoms with Crippen LogP contribution in [0.15, 0.2) is 0 Å². The van der Waals surface area contributed by atoms with Gasteiger partial charge in [0.05, 0.1) is 0 Å². The second kappa shape index (κ2) is 6.55. The summed E-state index contributed by atoms with van der Waals surface area (Å²) in [4.78, 5) is 14.5. The van der Waals surface area contributed by atoms with Crippen LogP contribution in [0.25, 0.3) is 0 Å². The van der Waals surface area contributed by atoms with Crippen LogP contribution in [0.3, 0.4) is 0 Å². The highest BCUT2D eigenvalue weighted by Gasteiger charge is 2.30. The first-order valence-electron chi connectivity index (χ1n) is 7.69. The highest BCUT2D eigenvalue weighted by Crippen LogP contribution is 2.31. The molecule has 0 spiro atoms. The normalized spacial score (nSPS) is 30.1. The van der Waals surface area contributed by atoms with Crippen LogP contribution in [0.4, 0.5) is 0 Å². The third-order valence-corrected chi connectivity index (χ3v) is 5.00. The van der Waals surface area contributed by atoms with Crippen molar-refractivity contribution in [3.63, 3.8) is 0 Å². The van der Waals surface area contributed by atoms with E-state index in [1.54, 1.807) is 0 Å². The fraction of sp³-hybridized carbons (Fsp3) is 0.933. The maximum atomic E-state index is 12.5. The molecule has 0 radical (unpaired) electrons. The van der Waals surface area contributed by atoms with Crippen molar-refractivity contribution in [1.29, 1.82) is 0 Å². The van der Waals surface area contributed by atoms with E-state index in [1.807, 2.05) is 7.05 Å². The largest absolute Gasteiger partial charge is 0.343 e. The Hall–Kier alpha value is -0.570. The molecule has 0 aromatic heterocycles. The fourth-order valence-electron chi connectivity index (χ4n) is 3.58. The second-order valence-corrected chi connectivity index (χ2v) is 6.19. The van der Waals surface area contributed by atoms with Crippen LogP contribution in [0, 0.1) is 11.8 Å². The Balaban J connectivity index is 1.83. The summed E-state index contributed by atoms with van der Waals surface area (Å²) in [5.74, 6) is 1.34. The fourth-order valence-corrected chi connectivity index (χ4v) is 3.58. The van der Waals surface area contributed by atoms with Crippen molar-refractivity contribution in [3.05, 3.63) is 0 Å². The van der Waals surface area contributed by atoms with Gasteiger partial charge in [0.15, 0.2) is 0 Å². The van der Waals surface area contributed by atoms with Crippen LogP contribution >= 0.6 is 0 Å². The van der Waals surface area contributed by atoms with Crippen LogP contribution in [-0.2, 0) is 4.79 Å². The van der Waals surface area contributed by atoms with Gasteiger partial charge in [-0.3, -0.25) is 4.79 Å². The molecule has 2 aliphatic carbocycles. The molecule has 1 amide bonds. The Bertz CT molecular complexity index is 266. The Morgan fingerprint density at radius 1 is 1.06 bits per heavy atom. The number of hydrogen-bond donors (Lipinski definition) is 1. The third-order valence-electron chi connectivity index (χ3n) is 5.00. The Morgan fingerprint density at radius 2 is 1.67 bits per heavy atom. The standard InChI is InChI=1S/C15H28N2O/c1-17(14-5-3-2-4-6-14)15(18)13-9-7-12(11-16)8-10-13/h12-14H,2-11,16H2,1H3. The molecule has 0 unspecified atom stereocenters. The third kappa shape index (κ3) is 3.25. The Kier molecular flexibility index (Phi) is 5.04. The zero-order chi connectivity index (χ0) is 13.0. The van der Waals surface area contributed by atoms with Crippen LogP contribution < -0.4 is 5.73 Å². The average Bonchev–Trinajstić information content (AvgIpc) is 2.47. The van der Waals surface area contributed by atoms with Crippen LogP contribution in [0.2, 0.25) is 0 Å². The predicted molar refractivity (Wildman–Crippen MR) is 74.1 cm³/mol. The van der Waals surface area contributed by atoms with Gasteiger partial charge in [-0.2, -0.15) is 0 Å². The second-order valence-electron chi connectivity index (χ2n) is 6.19. The molecule has 2 N–H and O–H groups in total. The van der Waals surface area contributed by atoms with Gasteiger partial charge in [0.2, 0.25) is 5.91 Å². The van der Waals surface area contributed by atoms with E-state index < -0.39 is 0 Å². The summed E-state index contributed by atoms with van der Waals surface area (Å²) < 4.78 is 0. The summed E-state index contributed by atoms with van der Waals surface area (Å²) in [5, 5.41) is 0. The van der Waals surface area contributed by atoms with Crippen LogP contribution in [0.5, 0.6) is 0 Å². The summed E-state index contributed by atoms with van der Waals surface area (Å²) in [6.45, 7) is 0.791. The molecule has 18 heavy (non-hydrogen) atoms. The molecule has 104 valence electrons. The molecule has 2 saturated carbocycles. The molecule has 3 heteroatoms. The van der Waals surface area contributed by atoms with Gasteiger partial charge in [0.1, 0.15) is 0 Å². The van der Waals surface area contributed by atoms with Gasteiger partial charge < -0.3 is 10.6 Å². The molecule has 0 atom stereocenters. The Morgan fingerprint density at radius 3 is 2.22 bits per heavy atom. The minimum Gasteiger partial charge on any atom is -0.343 e. The molecule has 0 aliphatic heterocycles.